The van der Waals surface area contributed by atoms with Crippen molar-refractivity contribution in [2.75, 3.05) is 0 Å². The van der Waals surface area contributed by atoms with E-state index in [2.05, 4.69) is 36.0 Å². The predicted molar refractivity (Wildman–Crippen MR) is 76.5 cm³/mol. The molecule has 8 heteroatoms. The van der Waals surface area contributed by atoms with Crippen LogP contribution in [0.1, 0.15) is 43.4 Å². The van der Waals surface area contributed by atoms with Gasteiger partial charge >= 0.3 is 0 Å². The van der Waals surface area contributed by atoms with E-state index in [1.807, 2.05) is 6.92 Å². The van der Waals surface area contributed by atoms with Gasteiger partial charge in [0, 0.05) is 18.3 Å². The summed E-state index contributed by atoms with van der Waals surface area (Å²) in [6.07, 6.45) is 5.69. The Hall–Kier alpha value is -1.05. The molecule has 2 N–H and O–H groups in total. The Balaban J connectivity index is 0.00000133. The van der Waals surface area contributed by atoms with Crippen molar-refractivity contribution in [3.63, 3.8) is 0 Å². The summed E-state index contributed by atoms with van der Waals surface area (Å²) in [6, 6.07) is -0.197. The van der Waals surface area contributed by atoms with Crippen molar-refractivity contribution in [3.8, 4) is 5.95 Å². The number of hydrogen-bond acceptors (Lipinski definition) is 5. The Bertz CT molecular complexity index is 563. The summed E-state index contributed by atoms with van der Waals surface area (Å²) in [6.45, 7) is 1.88. The van der Waals surface area contributed by atoms with Gasteiger partial charge in [-0.1, -0.05) is 0 Å². The Kier molecular flexibility index (Phi) is 4.17. The van der Waals surface area contributed by atoms with Crippen LogP contribution in [-0.4, -0.2) is 24.7 Å². The minimum absolute atomic E-state index is 0. The molecule has 0 unspecified atom stereocenters. The molecule has 1 aliphatic rings. The fraction of sp³-hybridized carbons (Fsp3) is 0.455. The molecule has 1 fully saturated rings. The predicted octanol–water partition coefficient (Wildman–Crippen LogP) is 2.14. The van der Waals surface area contributed by atoms with Gasteiger partial charge < -0.3 is 5.73 Å². The lowest BCUT2D eigenvalue weighted by Gasteiger charge is -2.05. The van der Waals surface area contributed by atoms with E-state index < -0.39 is 0 Å². The van der Waals surface area contributed by atoms with Crippen LogP contribution in [0.15, 0.2) is 16.9 Å². The molecule has 1 atom stereocenters. The molecule has 19 heavy (non-hydrogen) atoms. The van der Waals surface area contributed by atoms with Gasteiger partial charge in [-0.3, -0.25) is 0 Å². The smallest absolute Gasteiger partial charge is 0.252 e. The number of nitrogens with two attached hydrogens (primary N) is 1. The highest BCUT2D eigenvalue weighted by Crippen LogP contribution is 2.38. The van der Waals surface area contributed by atoms with Gasteiger partial charge in [0.2, 0.25) is 0 Å². The lowest BCUT2D eigenvalue weighted by Crippen LogP contribution is -2.15. The summed E-state index contributed by atoms with van der Waals surface area (Å²) < 4.78 is 2.47. The van der Waals surface area contributed by atoms with Crippen LogP contribution in [0, 0.1) is 0 Å². The second-order valence-corrected chi connectivity index (χ2v) is 5.42. The molecule has 2 aromatic heterocycles. The molecule has 6 nitrogen and oxygen atoms in total. The lowest BCUT2D eigenvalue weighted by molar-refractivity contribution is 0.667. The van der Waals surface area contributed by atoms with Gasteiger partial charge in [0.25, 0.3) is 5.95 Å². The highest BCUT2D eigenvalue weighted by Gasteiger charge is 2.30. The van der Waals surface area contributed by atoms with Gasteiger partial charge in [0.05, 0.1) is 10.5 Å². The van der Waals surface area contributed by atoms with Crippen molar-refractivity contribution in [2.24, 2.45) is 5.73 Å². The van der Waals surface area contributed by atoms with E-state index in [9.17, 15) is 0 Å². The summed E-state index contributed by atoms with van der Waals surface area (Å²) in [5.74, 6) is 2.55. The summed E-state index contributed by atoms with van der Waals surface area (Å²) in [5, 5.41) is 4.48. The van der Waals surface area contributed by atoms with Gasteiger partial charge in [-0.05, 0) is 35.7 Å². The zero-order chi connectivity index (χ0) is 12.7. The average Bonchev–Trinajstić information content (AvgIpc) is 3.09. The van der Waals surface area contributed by atoms with Crippen molar-refractivity contribution in [2.45, 2.75) is 31.7 Å². The van der Waals surface area contributed by atoms with E-state index in [-0.39, 0.29) is 18.4 Å². The van der Waals surface area contributed by atoms with Crippen LogP contribution in [0.5, 0.6) is 0 Å². The third-order valence-electron chi connectivity index (χ3n) is 2.79. The first kappa shape index (κ1) is 14.4. The first-order valence-electron chi connectivity index (χ1n) is 5.85. The Morgan fingerprint density at radius 1 is 1.37 bits per heavy atom. The number of nitrogens with zero attached hydrogens (tertiary/aromatic N) is 5. The Morgan fingerprint density at radius 3 is 2.53 bits per heavy atom. The van der Waals surface area contributed by atoms with Crippen molar-refractivity contribution >= 4 is 28.3 Å². The zero-order valence-corrected chi connectivity index (χ0v) is 12.7. The zero-order valence-electron chi connectivity index (χ0n) is 10.3. The standard InChI is InChI=1S/C11H13BrN6.ClH/c1-6(13)10-16-9(7-2-3-7)17-18(10)11-14-4-8(12)5-15-11;/h4-7H,2-3,13H2,1H3;1H/t6-;/m0./s1. The molecule has 1 aliphatic carbocycles. The van der Waals surface area contributed by atoms with Gasteiger partial charge in [0.1, 0.15) is 0 Å². The molecule has 0 aromatic carbocycles. The molecule has 0 bridgehead atoms. The molecule has 3 rings (SSSR count). The molecule has 2 aromatic rings. The minimum atomic E-state index is -0.197. The van der Waals surface area contributed by atoms with Crippen molar-refractivity contribution < 1.29 is 0 Å². The van der Waals surface area contributed by atoms with Gasteiger partial charge in [0.15, 0.2) is 11.6 Å². The maximum atomic E-state index is 5.93. The second-order valence-electron chi connectivity index (χ2n) is 4.50. The van der Waals surface area contributed by atoms with E-state index in [4.69, 9.17) is 5.73 Å². The molecule has 2 heterocycles. The van der Waals surface area contributed by atoms with E-state index in [0.717, 1.165) is 23.1 Å². The van der Waals surface area contributed by atoms with Crippen LogP contribution < -0.4 is 5.73 Å². The van der Waals surface area contributed by atoms with Crippen molar-refractivity contribution in [1.29, 1.82) is 0 Å². The van der Waals surface area contributed by atoms with Crippen LogP contribution in [0.3, 0.4) is 0 Å². The first-order valence-corrected chi connectivity index (χ1v) is 6.65. The largest absolute Gasteiger partial charge is 0.322 e. The SMILES string of the molecule is C[C@H](N)c1nc(C2CC2)nn1-c1ncc(Br)cn1.Cl. The molecule has 102 valence electrons. The molecule has 0 spiro atoms. The fourth-order valence-corrected chi connectivity index (χ4v) is 1.92. The molecule has 0 amide bonds. The summed E-state index contributed by atoms with van der Waals surface area (Å²) in [4.78, 5) is 13.0. The molecule has 0 aliphatic heterocycles. The maximum Gasteiger partial charge on any atom is 0.252 e. The number of halogens is 2. The Morgan fingerprint density at radius 2 is 2.00 bits per heavy atom. The van der Waals surface area contributed by atoms with E-state index in [1.165, 1.54) is 0 Å². The maximum absolute atomic E-state index is 5.93. The molecular formula is C11H14BrClN6. The third kappa shape index (κ3) is 2.93. The van der Waals surface area contributed by atoms with Gasteiger partial charge in [-0.25, -0.2) is 15.0 Å². The molecule has 1 saturated carbocycles. The van der Waals surface area contributed by atoms with Crippen molar-refractivity contribution in [3.05, 3.63) is 28.5 Å². The number of hydrogen-bond donors (Lipinski definition) is 1. The van der Waals surface area contributed by atoms with Crippen LogP contribution in [-0.2, 0) is 0 Å². The molecule has 0 saturated heterocycles. The van der Waals surface area contributed by atoms with Crippen LogP contribution in [0.4, 0.5) is 0 Å². The van der Waals surface area contributed by atoms with Crippen LogP contribution in [0.25, 0.3) is 5.95 Å². The van der Waals surface area contributed by atoms with E-state index >= 15 is 0 Å². The second kappa shape index (κ2) is 5.52. The minimum Gasteiger partial charge on any atom is -0.322 e. The highest BCUT2D eigenvalue weighted by molar-refractivity contribution is 9.10. The Labute approximate surface area is 125 Å². The monoisotopic (exact) mass is 344 g/mol. The number of aromatic nitrogens is 5. The average molecular weight is 346 g/mol. The fourth-order valence-electron chi connectivity index (χ4n) is 1.71. The first-order chi connectivity index (χ1) is 8.65. The molecular weight excluding hydrogens is 332 g/mol. The highest BCUT2D eigenvalue weighted by atomic mass is 79.9. The third-order valence-corrected chi connectivity index (χ3v) is 3.20. The summed E-state index contributed by atoms with van der Waals surface area (Å²) in [5.41, 5.74) is 5.93. The summed E-state index contributed by atoms with van der Waals surface area (Å²) in [7, 11) is 0. The quantitative estimate of drug-likeness (QED) is 0.921. The lowest BCUT2D eigenvalue weighted by atomic mass is 10.3. The van der Waals surface area contributed by atoms with Gasteiger partial charge in [-0.15, -0.1) is 17.5 Å². The van der Waals surface area contributed by atoms with Gasteiger partial charge in [-0.2, -0.15) is 4.68 Å². The topological polar surface area (TPSA) is 82.5 Å². The molecule has 0 radical (unpaired) electrons. The van der Waals surface area contributed by atoms with E-state index in [1.54, 1.807) is 17.1 Å². The van der Waals surface area contributed by atoms with E-state index in [0.29, 0.717) is 17.7 Å². The normalized spacial score (nSPS) is 15.9. The summed E-state index contributed by atoms with van der Waals surface area (Å²) >= 11 is 3.31. The number of rotatable bonds is 3. The van der Waals surface area contributed by atoms with Crippen LogP contribution in [0.2, 0.25) is 0 Å². The van der Waals surface area contributed by atoms with Crippen molar-refractivity contribution in [1.82, 2.24) is 24.7 Å². The van der Waals surface area contributed by atoms with Crippen LogP contribution >= 0.6 is 28.3 Å².